The lowest BCUT2D eigenvalue weighted by Gasteiger charge is -2.57. The maximum Gasteiger partial charge on any atom is 0.303 e. The van der Waals surface area contributed by atoms with Crippen molar-refractivity contribution in [2.45, 2.75) is 63.6 Å². The summed E-state index contributed by atoms with van der Waals surface area (Å²) in [5, 5.41) is 9.11. The number of benzene rings is 1. The Labute approximate surface area is 171 Å². The van der Waals surface area contributed by atoms with Crippen molar-refractivity contribution in [1.29, 1.82) is 0 Å². The molecule has 27 heavy (non-hydrogen) atoms. The average Bonchev–Trinajstić information content (AvgIpc) is 2.66. The van der Waals surface area contributed by atoms with Crippen LogP contribution in [0, 0.1) is 11.8 Å². The van der Waals surface area contributed by atoms with Crippen molar-refractivity contribution in [2.24, 2.45) is 11.8 Å². The summed E-state index contributed by atoms with van der Waals surface area (Å²) in [7, 11) is 0. The van der Waals surface area contributed by atoms with E-state index in [9.17, 15) is 4.79 Å². The van der Waals surface area contributed by atoms with E-state index < -0.39 is 5.97 Å². The number of carboxylic acids is 1. The second kappa shape index (κ2) is 8.62. The number of hydrogen-bond acceptors (Lipinski definition) is 3. The van der Waals surface area contributed by atoms with Crippen LogP contribution in [0.2, 0.25) is 0 Å². The minimum atomic E-state index is -0.661. The molecular weight excluding hydrogens is 404 g/mol. The van der Waals surface area contributed by atoms with Crippen LogP contribution < -0.4 is 0 Å². The number of halogens is 1. The number of aliphatic carboxylic acids is 1. The first-order valence-corrected chi connectivity index (χ1v) is 11.4. The van der Waals surface area contributed by atoms with Gasteiger partial charge in [0.2, 0.25) is 0 Å². The van der Waals surface area contributed by atoms with E-state index >= 15 is 0 Å². The van der Waals surface area contributed by atoms with Gasteiger partial charge in [-0.2, -0.15) is 0 Å². The van der Waals surface area contributed by atoms with Crippen LogP contribution in [0.3, 0.4) is 0 Å². The molecule has 5 heteroatoms. The maximum absolute atomic E-state index is 11.1. The summed E-state index contributed by atoms with van der Waals surface area (Å²) in [5.74, 6) is 0.836. The fraction of sp³-hybridized carbons (Fsp3) is 0.682. The van der Waals surface area contributed by atoms with Crippen LogP contribution >= 0.6 is 15.9 Å². The fourth-order valence-corrected chi connectivity index (χ4v) is 6.21. The number of carbonyl (C=O) groups is 1. The molecule has 3 heterocycles. The minimum Gasteiger partial charge on any atom is -0.481 e. The van der Waals surface area contributed by atoms with Crippen molar-refractivity contribution in [3.05, 3.63) is 34.3 Å². The molecule has 4 nitrogen and oxygen atoms in total. The highest BCUT2D eigenvalue weighted by molar-refractivity contribution is 9.10. The van der Waals surface area contributed by atoms with E-state index in [1.807, 2.05) is 0 Å². The Balaban J connectivity index is 1.54. The van der Waals surface area contributed by atoms with Gasteiger partial charge in [-0.1, -0.05) is 28.1 Å². The van der Waals surface area contributed by atoms with Gasteiger partial charge in [-0.25, -0.2) is 0 Å². The molecule has 0 spiro atoms. The van der Waals surface area contributed by atoms with Gasteiger partial charge < -0.3 is 5.11 Å². The molecule has 0 bridgehead atoms. The maximum atomic E-state index is 11.1. The second-order valence-electron chi connectivity index (χ2n) is 8.64. The second-order valence-corrected chi connectivity index (χ2v) is 9.56. The van der Waals surface area contributed by atoms with Gasteiger partial charge in [-0.3, -0.25) is 14.6 Å². The van der Waals surface area contributed by atoms with Crippen LogP contribution in [-0.4, -0.2) is 52.6 Å². The van der Waals surface area contributed by atoms with Crippen LogP contribution in [0.15, 0.2) is 28.7 Å². The molecule has 1 aromatic carbocycles. The summed E-state index contributed by atoms with van der Waals surface area (Å²) in [6.07, 6.45) is 7.42. The highest BCUT2D eigenvalue weighted by atomic mass is 79.9. The fourth-order valence-electron chi connectivity index (χ4n) is 5.95. The van der Waals surface area contributed by atoms with Crippen LogP contribution in [0.25, 0.3) is 0 Å². The SMILES string of the molecule is O=C(O)CCC[C@@H]1[C@H]2CCCN3CCC[C@H](CN1Cc1ccc(Br)cc1)[C@@H]23. The molecule has 0 saturated carbocycles. The normalized spacial score (nSPS) is 31.4. The van der Waals surface area contributed by atoms with E-state index in [0.29, 0.717) is 18.4 Å². The number of likely N-dealkylation sites (tertiary alicyclic amines) is 1. The summed E-state index contributed by atoms with van der Waals surface area (Å²) < 4.78 is 1.12. The number of hydrogen-bond donors (Lipinski definition) is 1. The number of carboxylic acid groups (broad SMARTS) is 1. The van der Waals surface area contributed by atoms with Gasteiger partial charge in [-0.05, 0) is 81.1 Å². The molecule has 1 N–H and O–H groups in total. The van der Waals surface area contributed by atoms with Crippen LogP contribution in [0.5, 0.6) is 0 Å². The van der Waals surface area contributed by atoms with E-state index in [4.69, 9.17) is 5.11 Å². The topological polar surface area (TPSA) is 43.8 Å². The third kappa shape index (κ3) is 4.41. The molecule has 0 unspecified atom stereocenters. The summed E-state index contributed by atoms with van der Waals surface area (Å²) >= 11 is 3.54. The molecule has 0 radical (unpaired) electrons. The predicted octanol–water partition coefficient (Wildman–Crippen LogP) is 4.38. The Bertz CT molecular complexity index is 648. The Morgan fingerprint density at radius 2 is 1.89 bits per heavy atom. The van der Waals surface area contributed by atoms with Crippen LogP contribution in [0.1, 0.15) is 50.5 Å². The molecule has 0 aromatic heterocycles. The zero-order valence-corrected chi connectivity index (χ0v) is 17.6. The predicted molar refractivity (Wildman–Crippen MR) is 111 cm³/mol. The highest BCUT2D eigenvalue weighted by Gasteiger charge is 2.48. The van der Waals surface area contributed by atoms with E-state index in [-0.39, 0.29) is 0 Å². The first-order valence-electron chi connectivity index (χ1n) is 10.6. The number of nitrogens with zero attached hydrogens (tertiary/aromatic N) is 2. The van der Waals surface area contributed by atoms with Gasteiger partial charge in [0, 0.05) is 36.1 Å². The van der Waals surface area contributed by atoms with Crippen molar-refractivity contribution in [2.75, 3.05) is 19.6 Å². The summed E-state index contributed by atoms with van der Waals surface area (Å²) in [6.45, 7) is 4.70. The Morgan fingerprint density at radius 1 is 1.15 bits per heavy atom. The van der Waals surface area contributed by atoms with E-state index in [2.05, 4.69) is 50.0 Å². The lowest BCUT2D eigenvalue weighted by molar-refractivity contribution is -0.137. The molecule has 148 valence electrons. The van der Waals surface area contributed by atoms with E-state index in [1.165, 1.54) is 50.9 Å². The minimum absolute atomic E-state index is 0.299. The Hall–Kier alpha value is -0.910. The first-order chi connectivity index (χ1) is 13.1. The van der Waals surface area contributed by atoms with E-state index in [0.717, 1.165) is 35.8 Å². The molecule has 0 aliphatic carbocycles. The van der Waals surface area contributed by atoms with Gasteiger partial charge in [0.25, 0.3) is 0 Å². The van der Waals surface area contributed by atoms with Gasteiger partial charge >= 0.3 is 5.97 Å². The van der Waals surface area contributed by atoms with Gasteiger partial charge in [-0.15, -0.1) is 0 Å². The lowest BCUT2D eigenvalue weighted by Crippen LogP contribution is -2.64. The zero-order valence-electron chi connectivity index (χ0n) is 16.0. The van der Waals surface area contributed by atoms with Crippen molar-refractivity contribution in [3.8, 4) is 0 Å². The number of rotatable bonds is 6. The molecule has 0 amide bonds. The zero-order chi connectivity index (χ0) is 18.8. The van der Waals surface area contributed by atoms with Crippen molar-refractivity contribution in [3.63, 3.8) is 0 Å². The molecule has 3 saturated heterocycles. The smallest absolute Gasteiger partial charge is 0.303 e. The molecular formula is C22H31BrN2O2. The largest absolute Gasteiger partial charge is 0.481 e. The van der Waals surface area contributed by atoms with Crippen molar-refractivity contribution >= 4 is 21.9 Å². The summed E-state index contributed by atoms with van der Waals surface area (Å²) in [5.41, 5.74) is 1.36. The summed E-state index contributed by atoms with van der Waals surface area (Å²) in [6, 6.07) is 9.96. The average molecular weight is 435 g/mol. The molecule has 4 rings (SSSR count). The Morgan fingerprint density at radius 3 is 2.63 bits per heavy atom. The van der Waals surface area contributed by atoms with Crippen LogP contribution in [-0.2, 0) is 11.3 Å². The van der Waals surface area contributed by atoms with Gasteiger partial charge in [0.1, 0.15) is 0 Å². The van der Waals surface area contributed by atoms with Crippen molar-refractivity contribution in [1.82, 2.24) is 9.80 Å². The standard InChI is InChI=1S/C22H31BrN2O2/c23-18-10-8-16(9-11-18)14-25-15-17-4-2-12-24-13-3-5-19(22(17)24)20(25)6-1-7-21(26)27/h8-11,17,19-20,22H,1-7,12-15H2,(H,26,27)/t17-,19-,20-,22+/m1/s1. The molecule has 3 aliphatic heterocycles. The molecule has 4 atom stereocenters. The van der Waals surface area contributed by atoms with Gasteiger partial charge in [0.05, 0.1) is 0 Å². The highest BCUT2D eigenvalue weighted by Crippen LogP contribution is 2.43. The first kappa shape index (κ1) is 19.4. The number of piperidine rings is 3. The van der Waals surface area contributed by atoms with Crippen LogP contribution in [0.4, 0.5) is 0 Å². The molecule has 1 aromatic rings. The van der Waals surface area contributed by atoms with Gasteiger partial charge in [0.15, 0.2) is 0 Å². The lowest BCUT2D eigenvalue weighted by atomic mass is 9.69. The molecule has 3 fully saturated rings. The Kier molecular flexibility index (Phi) is 6.20. The quantitative estimate of drug-likeness (QED) is 0.721. The van der Waals surface area contributed by atoms with Crippen molar-refractivity contribution < 1.29 is 9.90 Å². The molecule has 3 aliphatic rings. The third-order valence-electron chi connectivity index (χ3n) is 6.97. The summed E-state index contributed by atoms with van der Waals surface area (Å²) in [4.78, 5) is 16.5. The third-order valence-corrected chi connectivity index (χ3v) is 7.50. The monoisotopic (exact) mass is 434 g/mol. The van der Waals surface area contributed by atoms with E-state index in [1.54, 1.807) is 0 Å².